The molecule has 0 unspecified atom stereocenters. The van der Waals surface area contributed by atoms with E-state index in [0.717, 1.165) is 21.3 Å². The van der Waals surface area contributed by atoms with Crippen molar-refractivity contribution >= 4 is 33.5 Å². The van der Waals surface area contributed by atoms with E-state index in [-0.39, 0.29) is 12.5 Å². The molecule has 2 rings (SSSR count). The number of hydrogen-bond donors (Lipinski definition) is 0. The third-order valence-corrected chi connectivity index (χ3v) is 4.15. The van der Waals surface area contributed by atoms with Gasteiger partial charge in [-0.3, -0.25) is 14.5 Å². The molecule has 0 radical (unpaired) electrons. The highest BCUT2D eigenvalue weighted by molar-refractivity contribution is 9.10. The number of rotatable bonds is 2. The molecule has 1 aliphatic heterocycles. The molecule has 0 saturated heterocycles. The van der Waals surface area contributed by atoms with Crippen LogP contribution in [0.2, 0.25) is 0 Å². The number of halogens is 1. The molecule has 4 nitrogen and oxygen atoms in total. The lowest BCUT2D eigenvalue weighted by Gasteiger charge is -2.24. The fraction of sp³-hybridized carbons (Fsp3) is 0.529. The second kappa shape index (κ2) is 5.37. The second-order valence-corrected chi connectivity index (χ2v) is 8.14. The Morgan fingerprint density at radius 3 is 2.45 bits per heavy atom. The highest BCUT2D eigenvalue weighted by Gasteiger charge is 2.45. The third-order valence-electron chi connectivity index (χ3n) is 3.70. The van der Waals surface area contributed by atoms with Crippen molar-refractivity contribution in [2.24, 2.45) is 0 Å². The maximum absolute atomic E-state index is 12.8. The van der Waals surface area contributed by atoms with Crippen LogP contribution in [0.15, 0.2) is 16.6 Å². The van der Waals surface area contributed by atoms with Gasteiger partial charge in [0.05, 0.1) is 11.1 Å². The molecule has 0 saturated carbocycles. The van der Waals surface area contributed by atoms with Crippen molar-refractivity contribution in [2.75, 3.05) is 11.4 Å². The molecule has 0 aromatic heterocycles. The van der Waals surface area contributed by atoms with E-state index in [1.54, 1.807) is 4.90 Å². The zero-order valence-electron chi connectivity index (χ0n) is 13.9. The summed E-state index contributed by atoms with van der Waals surface area (Å²) in [6.07, 6.45) is 0. The summed E-state index contributed by atoms with van der Waals surface area (Å²) in [4.78, 5) is 26.4. The SMILES string of the molecule is Cc1cc(Br)cc2c1N(CC(=O)OC(C)(C)C)C(=O)C2(C)C. The van der Waals surface area contributed by atoms with E-state index < -0.39 is 17.0 Å². The van der Waals surface area contributed by atoms with Crippen LogP contribution in [-0.2, 0) is 19.7 Å². The summed E-state index contributed by atoms with van der Waals surface area (Å²) >= 11 is 3.48. The fourth-order valence-electron chi connectivity index (χ4n) is 2.78. The fourth-order valence-corrected chi connectivity index (χ4v) is 3.35. The standard InChI is InChI=1S/C17H22BrNO3/c1-10-7-11(18)8-12-14(10)19(15(21)17(12,5)6)9-13(20)22-16(2,3)4/h7-8H,9H2,1-6H3. The number of anilines is 1. The Hall–Kier alpha value is -1.36. The number of nitrogens with zero attached hydrogens (tertiary/aromatic N) is 1. The van der Waals surface area contributed by atoms with Gasteiger partial charge in [0.15, 0.2) is 0 Å². The van der Waals surface area contributed by atoms with E-state index in [9.17, 15) is 9.59 Å². The predicted molar refractivity (Wildman–Crippen MR) is 90.1 cm³/mol. The van der Waals surface area contributed by atoms with E-state index in [2.05, 4.69) is 15.9 Å². The first-order valence-corrected chi connectivity index (χ1v) is 8.07. The molecule has 1 heterocycles. The van der Waals surface area contributed by atoms with Crippen LogP contribution >= 0.6 is 15.9 Å². The lowest BCUT2D eigenvalue weighted by molar-refractivity contribution is -0.153. The molecule has 0 spiro atoms. The van der Waals surface area contributed by atoms with Crippen molar-refractivity contribution in [2.45, 2.75) is 52.6 Å². The van der Waals surface area contributed by atoms with Gasteiger partial charge in [-0.05, 0) is 64.8 Å². The van der Waals surface area contributed by atoms with Gasteiger partial charge in [-0.25, -0.2) is 0 Å². The van der Waals surface area contributed by atoms with Crippen LogP contribution in [0.25, 0.3) is 0 Å². The molecule has 0 fully saturated rings. The summed E-state index contributed by atoms with van der Waals surface area (Å²) in [5, 5.41) is 0. The number of ether oxygens (including phenoxy) is 1. The van der Waals surface area contributed by atoms with Gasteiger partial charge < -0.3 is 4.74 Å². The summed E-state index contributed by atoms with van der Waals surface area (Å²) in [5.41, 5.74) is 1.52. The molecule has 1 amide bonds. The molecule has 0 atom stereocenters. The number of amides is 1. The molecular formula is C17H22BrNO3. The quantitative estimate of drug-likeness (QED) is 0.748. The van der Waals surface area contributed by atoms with Crippen LogP contribution in [-0.4, -0.2) is 24.0 Å². The van der Waals surface area contributed by atoms with Crippen LogP contribution in [0.1, 0.15) is 45.7 Å². The van der Waals surface area contributed by atoms with Crippen LogP contribution in [0.3, 0.4) is 0 Å². The van der Waals surface area contributed by atoms with Crippen LogP contribution in [0, 0.1) is 6.92 Å². The lowest BCUT2D eigenvalue weighted by atomic mass is 9.85. The van der Waals surface area contributed by atoms with Crippen molar-refractivity contribution in [1.29, 1.82) is 0 Å². The van der Waals surface area contributed by atoms with Gasteiger partial charge in [0, 0.05) is 4.47 Å². The van der Waals surface area contributed by atoms with E-state index in [1.807, 2.05) is 53.7 Å². The highest BCUT2D eigenvalue weighted by Crippen LogP contribution is 2.44. The predicted octanol–water partition coefficient (Wildman–Crippen LogP) is 3.72. The van der Waals surface area contributed by atoms with Crippen LogP contribution in [0.5, 0.6) is 0 Å². The topological polar surface area (TPSA) is 46.6 Å². The first-order chi connectivity index (χ1) is 9.93. The van der Waals surface area contributed by atoms with Crippen molar-refractivity contribution in [3.8, 4) is 0 Å². The van der Waals surface area contributed by atoms with Gasteiger partial charge in [-0.1, -0.05) is 15.9 Å². The molecule has 1 aliphatic rings. The lowest BCUT2D eigenvalue weighted by Crippen LogP contribution is -2.41. The van der Waals surface area contributed by atoms with Gasteiger partial charge >= 0.3 is 5.97 Å². The van der Waals surface area contributed by atoms with Gasteiger partial charge in [-0.15, -0.1) is 0 Å². The average molecular weight is 368 g/mol. The Labute approximate surface area is 140 Å². The summed E-state index contributed by atoms with van der Waals surface area (Å²) in [7, 11) is 0. The van der Waals surface area contributed by atoms with Gasteiger partial charge in [-0.2, -0.15) is 0 Å². The summed E-state index contributed by atoms with van der Waals surface area (Å²) in [5.74, 6) is -0.471. The average Bonchev–Trinajstić information content (AvgIpc) is 2.49. The maximum atomic E-state index is 12.8. The monoisotopic (exact) mass is 367 g/mol. The first kappa shape index (κ1) is 17.0. The van der Waals surface area contributed by atoms with Crippen molar-refractivity contribution in [3.63, 3.8) is 0 Å². The molecule has 120 valence electrons. The Kier molecular flexibility index (Phi) is 4.15. The normalized spacial score (nSPS) is 16.7. The summed E-state index contributed by atoms with van der Waals surface area (Å²) in [6.45, 7) is 11.1. The number of carbonyl (C=O) groups excluding carboxylic acids is 2. The van der Waals surface area contributed by atoms with Crippen LogP contribution < -0.4 is 4.90 Å². The minimum Gasteiger partial charge on any atom is -0.459 e. The van der Waals surface area contributed by atoms with E-state index in [0.29, 0.717) is 0 Å². The Morgan fingerprint density at radius 2 is 1.91 bits per heavy atom. The third kappa shape index (κ3) is 3.05. The zero-order valence-corrected chi connectivity index (χ0v) is 15.5. The summed E-state index contributed by atoms with van der Waals surface area (Å²) < 4.78 is 6.29. The Bertz CT molecular complexity index is 644. The second-order valence-electron chi connectivity index (χ2n) is 7.22. The van der Waals surface area contributed by atoms with Crippen molar-refractivity contribution in [3.05, 3.63) is 27.7 Å². The van der Waals surface area contributed by atoms with Crippen LogP contribution in [0.4, 0.5) is 5.69 Å². The van der Waals surface area contributed by atoms with Gasteiger partial charge in [0.2, 0.25) is 5.91 Å². The molecular weight excluding hydrogens is 346 g/mol. The number of esters is 1. The van der Waals surface area contributed by atoms with E-state index >= 15 is 0 Å². The summed E-state index contributed by atoms with van der Waals surface area (Å²) in [6, 6.07) is 3.91. The number of fused-ring (bicyclic) bond motifs is 1. The minimum absolute atomic E-state index is 0.0605. The van der Waals surface area contributed by atoms with Crippen molar-refractivity contribution < 1.29 is 14.3 Å². The number of benzene rings is 1. The number of hydrogen-bond acceptors (Lipinski definition) is 3. The first-order valence-electron chi connectivity index (χ1n) is 7.28. The smallest absolute Gasteiger partial charge is 0.326 e. The van der Waals surface area contributed by atoms with E-state index in [1.165, 1.54) is 0 Å². The molecule has 1 aromatic carbocycles. The number of aryl methyl sites for hydroxylation is 1. The largest absolute Gasteiger partial charge is 0.459 e. The Morgan fingerprint density at radius 1 is 1.32 bits per heavy atom. The minimum atomic E-state index is -0.647. The maximum Gasteiger partial charge on any atom is 0.326 e. The molecule has 0 bridgehead atoms. The molecule has 1 aromatic rings. The molecule has 5 heteroatoms. The van der Waals surface area contributed by atoms with Gasteiger partial charge in [0.1, 0.15) is 12.1 Å². The Balaban J connectivity index is 2.40. The zero-order chi connectivity index (χ0) is 16.9. The molecule has 0 aliphatic carbocycles. The highest BCUT2D eigenvalue weighted by atomic mass is 79.9. The molecule has 0 N–H and O–H groups in total. The van der Waals surface area contributed by atoms with E-state index in [4.69, 9.17) is 4.74 Å². The molecule has 22 heavy (non-hydrogen) atoms. The number of carbonyl (C=O) groups is 2. The van der Waals surface area contributed by atoms with Crippen molar-refractivity contribution in [1.82, 2.24) is 0 Å². The van der Waals surface area contributed by atoms with Gasteiger partial charge in [0.25, 0.3) is 0 Å².